The second kappa shape index (κ2) is 4.53. The molecule has 1 fully saturated rings. The molecule has 3 nitrogen and oxygen atoms in total. The molecule has 1 saturated carbocycles. The standard InChI is InChI=1S/C12H18N2O/c1-14(10-6-7-10)8-9-15-12-5-3-2-4-11(12)13/h2-5,10H,6-9,13H2,1H3. The third-order valence-corrected chi connectivity index (χ3v) is 2.79. The van der Waals surface area contributed by atoms with E-state index in [9.17, 15) is 0 Å². The van der Waals surface area contributed by atoms with Crippen molar-refractivity contribution in [1.82, 2.24) is 4.90 Å². The number of nitrogens with two attached hydrogens (primary N) is 1. The molecule has 0 amide bonds. The Hall–Kier alpha value is -1.22. The first-order valence-electron chi connectivity index (χ1n) is 5.45. The lowest BCUT2D eigenvalue weighted by Crippen LogP contribution is -2.26. The van der Waals surface area contributed by atoms with Gasteiger partial charge in [-0.2, -0.15) is 0 Å². The summed E-state index contributed by atoms with van der Waals surface area (Å²) in [5, 5.41) is 0. The van der Waals surface area contributed by atoms with Crippen LogP contribution < -0.4 is 10.5 Å². The first-order valence-corrected chi connectivity index (χ1v) is 5.45. The van der Waals surface area contributed by atoms with Crippen LogP contribution in [-0.2, 0) is 0 Å². The van der Waals surface area contributed by atoms with Crippen molar-refractivity contribution in [2.75, 3.05) is 25.9 Å². The molecule has 3 heteroatoms. The molecule has 1 aliphatic carbocycles. The van der Waals surface area contributed by atoms with Gasteiger partial charge in [0.25, 0.3) is 0 Å². The predicted octanol–water partition coefficient (Wildman–Crippen LogP) is 1.74. The summed E-state index contributed by atoms with van der Waals surface area (Å²) < 4.78 is 5.62. The lowest BCUT2D eigenvalue weighted by Gasteiger charge is -2.16. The van der Waals surface area contributed by atoms with Gasteiger partial charge in [0, 0.05) is 12.6 Å². The normalized spacial score (nSPS) is 15.6. The molecule has 0 aliphatic heterocycles. The van der Waals surface area contributed by atoms with Crippen molar-refractivity contribution in [2.24, 2.45) is 0 Å². The highest BCUT2D eigenvalue weighted by molar-refractivity contribution is 5.51. The van der Waals surface area contributed by atoms with Gasteiger partial charge in [-0.3, -0.25) is 0 Å². The number of para-hydroxylation sites is 2. The molecular formula is C12H18N2O. The molecule has 1 aromatic carbocycles. The fourth-order valence-corrected chi connectivity index (χ4v) is 1.61. The Kier molecular flexibility index (Phi) is 3.11. The Morgan fingerprint density at radius 3 is 2.80 bits per heavy atom. The summed E-state index contributed by atoms with van der Waals surface area (Å²) >= 11 is 0. The van der Waals surface area contributed by atoms with E-state index in [1.54, 1.807) is 0 Å². The van der Waals surface area contributed by atoms with E-state index in [2.05, 4.69) is 11.9 Å². The fraction of sp³-hybridized carbons (Fsp3) is 0.500. The van der Waals surface area contributed by atoms with E-state index in [0.29, 0.717) is 12.3 Å². The van der Waals surface area contributed by atoms with Gasteiger partial charge in [0.15, 0.2) is 0 Å². The lowest BCUT2D eigenvalue weighted by molar-refractivity contribution is 0.232. The van der Waals surface area contributed by atoms with Crippen LogP contribution in [0.25, 0.3) is 0 Å². The van der Waals surface area contributed by atoms with Crippen LogP contribution in [0.1, 0.15) is 12.8 Å². The predicted molar refractivity (Wildman–Crippen MR) is 62.0 cm³/mol. The number of hydrogen-bond donors (Lipinski definition) is 1. The van der Waals surface area contributed by atoms with Crippen LogP contribution in [-0.4, -0.2) is 31.1 Å². The van der Waals surface area contributed by atoms with Crippen molar-refractivity contribution in [1.29, 1.82) is 0 Å². The minimum absolute atomic E-state index is 0.710. The zero-order valence-electron chi connectivity index (χ0n) is 9.15. The van der Waals surface area contributed by atoms with E-state index in [-0.39, 0.29) is 0 Å². The average Bonchev–Trinajstić information content (AvgIpc) is 3.04. The van der Waals surface area contributed by atoms with E-state index >= 15 is 0 Å². The molecule has 0 unspecified atom stereocenters. The van der Waals surface area contributed by atoms with E-state index < -0.39 is 0 Å². The van der Waals surface area contributed by atoms with Gasteiger partial charge in [-0.1, -0.05) is 12.1 Å². The van der Waals surface area contributed by atoms with Crippen molar-refractivity contribution >= 4 is 5.69 Å². The third-order valence-electron chi connectivity index (χ3n) is 2.79. The van der Waals surface area contributed by atoms with Crippen molar-refractivity contribution in [2.45, 2.75) is 18.9 Å². The summed E-state index contributed by atoms with van der Waals surface area (Å²) in [5.74, 6) is 0.793. The zero-order chi connectivity index (χ0) is 10.7. The molecule has 0 heterocycles. The molecule has 0 atom stereocenters. The van der Waals surface area contributed by atoms with Crippen molar-refractivity contribution in [3.8, 4) is 5.75 Å². The van der Waals surface area contributed by atoms with Gasteiger partial charge in [-0.25, -0.2) is 0 Å². The van der Waals surface area contributed by atoms with E-state index in [1.807, 2.05) is 24.3 Å². The molecule has 1 aromatic rings. The summed E-state index contributed by atoms with van der Waals surface area (Å²) in [6, 6.07) is 8.42. The summed E-state index contributed by atoms with van der Waals surface area (Å²) in [6.07, 6.45) is 2.67. The first-order chi connectivity index (χ1) is 7.27. The highest BCUT2D eigenvalue weighted by atomic mass is 16.5. The molecule has 82 valence electrons. The highest BCUT2D eigenvalue weighted by Gasteiger charge is 2.25. The lowest BCUT2D eigenvalue weighted by atomic mass is 10.3. The Morgan fingerprint density at radius 1 is 1.40 bits per heavy atom. The summed E-state index contributed by atoms with van der Waals surface area (Å²) in [6.45, 7) is 1.68. The Bertz CT molecular complexity index is 323. The minimum atomic E-state index is 0.710. The largest absolute Gasteiger partial charge is 0.490 e. The smallest absolute Gasteiger partial charge is 0.142 e. The third kappa shape index (κ3) is 2.86. The Balaban J connectivity index is 1.75. The van der Waals surface area contributed by atoms with Crippen molar-refractivity contribution in [3.63, 3.8) is 0 Å². The summed E-state index contributed by atoms with van der Waals surface area (Å²) in [7, 11) is 2.15. The van der Waals surface area contributed by atoms with Crippen LogP contribution in [0.3, 0.4) is 0 Å². The van der Waals surface area contributed by atoms with Gasteiger partial charge >= 0.3 is 0 Å². The van der Waals surface area contributed by atoms with Crippen LogP contribution in [0.5, 0.6) is 5.75 Å². The summed E-state index contributed by atoms with van der Waals surface area (Å²) in [5.41, 5.74) is 6.49. The van der Waals surface area contributed by atoms with Gasteiger partial charge in [-0.05, 0) is 32.0 Å². The number of ether oxygens (including phenoxy) is 1. The Labute approximate surface area is 90.8 Å². The van der Waals surface area contributed by atoms with Crippen LogP contribution in [0.15, 0.2) is 24.3 Å². The second-order valence-electron chi connectivity index (χ2n) is 4.10. The van der Waals surface area contributed by atoms with E-state index in [1.165, 1.54) is 12.8 Å². The fourth-order valence-electron chi connectivity index (χ4n) is 1.61. The molecule has 0 radical (unpaired) electrons. The molecule has 2 N–H and O–H groups in total. The topological polar surface area (TPSA) is 38.5 Å². The molecule has 15 heavy (non-hydrogen) atoms. The SMILES string of the molecule is CN(CCOc1ccccc1N)C1CC1. The molecule has 1 aliphatic rings. The Morgan fingerprint density at radius 2 is 2.13 bits per heavy atom. The zero-order valence-corrected chi connectivity index (χ0v) is 9.15. The maximum Gasteiger partial charge on any atom is 0.142 e. The number of rotatable bonds is 5. The number of hydrogen-bond acceptors (Lipinski definition) is 3. The van der Waals surface area contributed by atoms with Gasteiger partial charge in [0.05, 0.1) is 5.69 Å². The van der Waals surface area contributed by atoms with Gasteiger partial charge in [0.2, 0.25) is 0 Å². The van der Waals surface area contributed by atoms with Gasteiger partial charge in [0.1, 0.15) is 12.4 Å². The molecule has 0 spiro atoms. The number of benzene rings is 1. The number of nitrogens with zero attached hydrogens (tertiary/aromatic N) is 1. The maximum atomic E-state index is 5.77. The molecule has 0 bridgehead atoms. The number of likely N-dealkylation sites (N-methyl/N-ethyl adjacent to an activating group) is 1. The molecule has 0 aromatic heterocycles. The van der Waals surface area contributed by atoms with Crippen LogP contribution in [0.4, 0.5) is 5.69 Å². The molecule has 0 saturated heterocycles. The van der Waals surface area contributed by atoms with Gasteiger partial charge < -0.3 is 15.4 Å². The maximum absolute atomic E-state index is 5.77. The molecule has 2 rings (SSSR count). The second-order valence-corrected chi connectivity index (χ2v) is 4.10. The van der Waals surface area contributed by atoms with Crippen LogP contribution >= 0.6 is 0 Å². The monoisotopic (exact) mass is 206 g/mol. The van der Waals surface area contributed by atoms with Crippen LogP contribution in [0.2, 0.25) is 0 Å². The quantitative estimate of drug-likeness (QED) is 0.746. The van der Waals surface area contributed by atoms with E-state index in [4.69, 9.17) is 10.5 Å². The van der Waals surface area contributed by atoms with E-state index in [0.717, 1.165) is 18.3 Å². The number of nitrogen functional groups attached to an aromatic ring is 1. The first kappa shape index (κ1) is 10.3. The summed E-state index contributed by atoms with van der Waals surface area (Å²) in [4.78, 5) is 2.35. The average molecular weight is 206 g/mol. The van der Waals surface area contributed by atoms with Crippen LogP contribution in [0, 0.1) is 0 Å². The van der Waals surface area contributed by atoms with Gasteiger partial charge in [-0.15, -0.1) is 0 Å². The van der Waals surface area contributed by atoms with Crippen molar-refractivity contribution in [3.05, 3.63) is 24.3 Å². The number of anilines is 1. The minimum Gasteiger partial charge on any atom is -0.490 e. The van der Waals surface area contributed by atoms with Crippen molar-refractivity contribution < 1.29 is 4.74 Å². The molecular weight excluding hydrogens is 188 g/mol. The highest BCUT2D eigenvalue weighted by Crippen LogP contribution is 2.25.